The Labute approximate surface area is 298 Å². The molecule has 1 aliphatic rings. The standard InChI is InChI=1S/C38H45N2O8SSi/c1-27(41)45-35-34(48-33(43)24-40-23-22-39(6)26-40)32(47-37(36(35)46-28(2)42)49-29-16-10-7-11-17-29)25-44-50(38(3,4)5,30-18-12-8-13-19-30)31-20-14-9-15-21-31/h7-23,26,32,34-37H,24-25H2,1-6H3/q+1/t32-,34-,35+,36-,37+/m1/s1. The Morgan fingerprint density at radius 3 is 1.84 bits per heavy atom. The molecule has 1 fully saturated rings. The van der Waals surface area contributed by atoms with E-state index in [2.05, 4.69) is 45.0 Å². The fourth-order valence-electron chi connectivity index (χ4n) is 6.43. The lowest BCUT2D eigenvalue weighted by Crippen LogP contribution is -2.68. The molecule has 1 saturated heterocycles. The average molecular weight is 718 g/mol. The summed E-state index contributed by atoms with van der Waals surface area (Å²) in [6.07, 6.45) is 0.919. The van der Waals surface area contributed by atoms with E-state index in [1.165, 1.54) is 25.6 Å². The highest BCUT2D eigenvalue weighted by Gasteiger charge is 2.55. The second kappa shape index (κ2) is 16.2. The number of hydrogen-bond acceptors (Lipinski definition) is 9. The van der Waals surface area contributed by atoms with Crippen molar-refractivity contribution in [2.45, 2.75) is 80.9 Å². The fraction of sp³-hybridized carbons (Fsp3) is 0.368. The highest BCUT2D eigenvalue weighted by molar-refractivity contribution is 7.99. The molecule has 12 heteroatoms. The van der Waals surface area contributed by atoms with Gasteiger partial charge in [0.15, 0.2) is 24.9 Å². The summed E-state index contributed by atoms with van der Waals surface area (Å²) in [5.74, 6) is -1.80. The Kier molecular flexibility index (Phi) is 12.0. The number of aryl methyl sites for hydroxylation is 1. The van der Waals surface area contributed by atoms with Crippen LogP contribution in [0.2, 0.25) is 5.04 Å². The lowest BCUT2D eigenvalue weighted by atomic mass is 9.99. The van der Waals surface area contributed by atoms with Crippen LogP contribution in [-0.4, -0.2) is 67.3 Å². The van der Waals surface area contributed by atoms with E-state index in [0.717, 1.165) is 15.3 Å². The molecule has 0 spiro atoms. The van der Waals surface area contributed by atoms with Crippen molar-refractivity contribution < 1.29 is 42.3 Å². The summed E-state index contributed by atoms with van der Waals surface area (Å²) in [6, 6.07) is 29.9. The molecular formula is C38H45N2O8SSi+. The van der Waals surface area contributed by atoms with Gasteiger partial charge in [-0.3, -0.25) is 9.59 Å². The van der Waals surface area contributed by atoms with E-state index in [4.69, 9.17) is 23.4 Å². The van der Waals surface area contributed by atoms with Crippen LogP contribution in [0.1, 0.15) is 34.6 Å². The first kappa shape index (κ1) is 37.0. The molecule has 3 aromatic carbocycles. The predicted molar refractivity (Wildman–Crippen MR) is 191 cm³/mol. The first-order chi connectivity index (χ1) is 23.9. The van der Waals surface area contributed by atoms with Gasteiger partial charge in [-0.1, -0.05) is 111 Å². The van der Waals surface area contributed by atoms with E-state index >= 15 is 0 Å². The van der Waals surface area contributed by atoms with E-state index < -0.39 is 56.1 Å². The first-order valence-corrected chi connectivity index (χ1v) is 19.3. The Morgan fingerprint density at radius 2 is 1.34 bits per heavy atom. The number of ether oxygens (including phenoxy) is 4. The molecule has 1 aromatic heterocycles. The molecule has 1 aliphatic heterocycles. The highest BCUT2D eigenvalue weighted by atomic mass is 32.2. The van der Waals surface area contributed by atoms with Gasteiger partial charge in [-0.15, -0.1) is 0 Å². The largest absolute Gasteiger partial charge is 0.455 e. The molecular weight excluding hydrogens is 673 g/mol. The van der Waals surface area contributed by atoms with Crippen molar-refractivity contribution >= 4 is 48.4 Å². The molecule has 0 radical (unpaired) electrons. The van der Waals surface area contributed by atoms with Crippen LogP contribution >= 0.6 is 11.8 Å². The van der Waals surface area contributed by atoms with Crippen molar-refractivity contribution in [3.05, 3.63) is 110 Å². The third-order valence-corrected chi connectivity index (χ3v) is 14.6. The highest BCUT2D eigenvalue weighted by Crippen LogP contribution is 2.40. The molecule has 0 saturated carbocycles. The summed E-state index contributed by atoms with van der Waals surface area (Å²) in [4.78, 5) is 39.6. The number of nitrogens with zero attached hydrogens (tertiary/aromatic N) is 2. The summed E-state index contributed by atoms with van der Waals surface area (Å²) in [6.45, 7) is 8.94. The molecule has 4 aromatic rings. The van der Waals surface area contributed by atoms with E-state index in [0.29, 0.717) is 0 Å². The van der Waals surface area contributed by atoms with Crippen LogP contribution in [0.3, 0.4) is 0 Å². The van der Waals surface area contributed by atoms with E-state index in [-0.39, 0.29) is 18.2 Å². The van der Waals surface area contributed by atoms with Gasteiger partial charge in [0.2, 0.25) is 6.33 Å². The Balaban J connectivity index is 1.59. The van der Waals surface area contributed by atoms with E-state index in [9.17, 15) is 14.4 Å². The number of carbonyl (C=O) groups is 3. The summed E-state index contributed by atoms with van der Waals surface area (Å²) in [5, 5.41) is 1.77. The maximum Gasteiger partial charge on any atom is 0.349 e. The van der Waals surface area contributed by atoms with Crippen LogP contribution < -0.4 is 14.9 Å². The molecule has 0 unspecified atom stereocenters. The molecule has 0 amide bonds. The van der Waals surface area contributed by atoms with Gasteiger partial charge in [0.25, 0.3) is 8.32 Å². The molecule has 0 N–H and O–H groups in total. The van der Waals surface area contributed by atoms with Crippen molar-refractivity contribution in [3.8, 4) is 0 Å². The molecule has 2 heterocycles. The van der Waals surface area contributed by atoms with E-state index in [1.807, 2.05) is 73.8 Å². The average Bonchev–Trinajstić information content (AvgIpc) is 3.48. The normalized spacial score (nSPS) is 20.9. The molecule has 264 valence electrons. The Bertz CT molecular complexity index is 1690. The Morgan fingerprint density at radius 1 is 0.800 bits per heavy atom. The van der Waals surface area contributed by atoms with Gasteiger partial charge in [0.05, 0.1) is 13.7 Å². The van der Waals surface area contributed by atoms with Crippen molar-refractivity contribution in [1.82, 2.24) is 4.57 Å². The van der Waals surface area contributed by atoms with E-state index in [1.54, 1.807) is 27.9 Å². The van der Waals surface area contributed by atoms with Gasteiger partial charge in [-0.25, -0.2) is 13.9 Å². The smallest absolute Gasteiger partial charge is 0.349 e. The maximum absolute atomic E-state index is 13.6. The number of hydrogen-bond donors (Lipinski definition) is 0. The van der Waals surface area contributed by atoms with Gasteiger partial charge in [0.1, 0.15) is 23.9 Å². The van der Waals surface area contributed by atoms with Crippen LogP contribution in [0.25, 0.3) is 0 Å². The minimum absolute atomic E-state index is 0.0138. The molecule has 10 nitrogen and oxygen atoms in total. The van der Waals surface area contributed by atoms with Crippen molar-refractivity contribution in [2.24, 2.45) is 7.05 Å². The first-order valence-electron chi connectivity index (χ1n) is 16.5. The zero-order valence-electron chi connectivity index (χ0n) is 29.3. The van der Waals surface area contributed by atoms with Crippen LogP contribution in [-0.2, 0) is 51.3 Å². The number of thioether (sulfide) groups is 1. The zero-order valence-corrected chi connectivity index (χ0v) is 31.1. The monoisotopic (exact) mass is 717 g/mol. The number of rotatable bonds is 12. The third-order valence-electron chi connectivity index (χ3n) is 8.47. The number of benzene rings is 3. The summed E-state index contributed by atoms with van der Waals surface area (Å²) in [7, 11) is -1.23. The molecule has 0 bridgehead atoms. The number of aromatic nitrogens is 2. The van der Waals surface area contributed by atoms with Crippen molar-refractivity contribution in [3.63, 3.8) is 0 Å². The SMILES string of the molecule is CC(=O)O[C@@H]1[C@@H](OC(C)=O)[C@H](Sc2ccccc2)O[C@H](CO[Si](c2ccccc2)(c2ccccc2)C(C)(C)C)[C@H]1OC(=O)Cn1cc[n+](C)c1. The number of carbonyl (C=O) groups excluding carboxylic acids is 3. The summed E-state index contributed by atoms with van der Waals surface area (Å²) >= 11 is 1.32. The predicted octanol–water partition coefficient (Wildman–Crippen LogP) is 4.18. The minimum Gasteiger partial charge on any atom is -0.455 e. The molecule has 0 aliphatic carbocycles. The van der Waals surface area contributed by atoms with Gasteiger partial charge in [0, 0.05) is 18.7 Å². The van der Waals surface area contributed by atoms with Gasteiger partial charge in [-0.05, 0) is 27.5 Å². The fourth-order valence-corrected chi connectivity index (χ4v) is 12.1. The van der Waals surface area contributed by atoms with Crippen LogP contribution in [0.5, 0.6) is 0 Å². The summed E-state index contributed by atoms with van der Waals surface area (Å²) in [5.41, 5.74) is -0.836. The van der Waals surface area contributed by atoms with Crippen LogP contribution in [0.4, 0.5) is 0 Å². The lowest BCUT2D eigenvalue weighted by molar-refractivity contribution is -0.671. The zero-order chi connectivity index (χ0) is 35.9. The molecule has 5 rings (SSSR count). The minimum atomic E-state index is -3.08. The van der Waals surface area contributed by atoms with Gasteiger partial charge >= 0.3 is 17.9 Å². The summed E-state index contributed by atoms with van der Waals surface area (Å²) < 4.78 is 35.4. The van der Waals surface area contributed by atoms with Gasteiger partial charge in [-0.2, -0.15) is 0 Å². The van der Waals surface area contributed by atoms with Crippen molar-refractivity contribution in [1.29, 1.82) is 0 Å². The quantitative estimate of drug-likeness (QED) is 0.0924. The van der Waals surface area contributed by atoms with Gasteiger partial charge < -0.3 is 23.4 Å². The second-order valence-corrected chi connectivity index (χ2v) is 18.8. The molecule has 5 atom stereocenters. The van der Waals surface area contributed by atoms with Crippen LogP contribution in [0, 0.1) is 0 Å². The lowest BCUT2D eigenvalue weighted by Gasteiger charge is -2.47. The van der Waals surface area contributed by atoms with Crippen molar-refractivity contribution in [2.75, 3.05) is 6.61 Å². The Hall–Kier alpha value is -4.23. The molecule has 50 heavy (non-hydrogen) atoms. The number of imidazole rings is 1. The topological polar surface area (TPSA) is 106 Å². The maximum atomic E-state index is 13.6. The second-order valence-electron chi connectivity index (χ2n) is 13.3. The number of esters is 3. The van der Waals surface area contributed by atoms with Crippen LogP contribution in [0.15, 0.2) is 115 Å². The third kappa shape index (κ3) is 8.73.